The summed E-state index contributed by atoms with van der Waals surface area (Å²) in [4.78, 5) is 32.7. The van der Waals surface area contributed by atoms with Crippen molar-refractivity contribution in [2.75, 3.05) is 31.5 Å². The molecule has 2 aromatic rings. The first-order chi connectivity index (χ1) is 15.5. The number of aromatic nitrogens is 1. The van der Waals surface area contributed by atoms with Crippen LogP contribution in [0.25, 0.3) is 0 Å². The number of amides is 3. The number of carbonyl (C=O) groups excluding carboxylic acids is 2. The molecule has 1 aromatic heterocycles. The quantitative estimate of drug-likeness (QED) is 0.708. The number of ether oxygens (including phenoxy) is 1. The van der Waals surface area contributed by atoms with Crippen LogP contribution in [0, 0.1) is 5.92 Å². The molecule has 170 valence electrons. The second-order valence-electron chi connectivity index (χ2n) is 8.93. The first kappa shape index (κ1) is 22.1. The number of hydrogen-bond donors (Lipinski definition) is 1. The van der Waals surface area contributed by atoms with E-state index < -0.39 is 0 Å². The van der Waals surface area contributed by atoms with Crippen LogP contribution in [0.2, 0.25) is 0 Å². The average molecular weight is 437 g/mol. The Morgan fingerprint density at radius 2 is 1.94 bits per heavy atom. The molecule has 0 saturated carbocycles. The number of hydrogen-bond acceptors (Lipinski definition) is 4. The molecule has 2 atom stereocenters. The highest BCUT2D eigenvalue weighted by Gasteiger charge is 2.32. The van der Waals surface area contributed by atoms with Crippen LogP contribution in [0.15, 0.2) is 48.8 Å². The summed E-state index contributed by atoms with van der Waals surface area (Å²) in [5, 5.41) is 2.95. The summed E-state index contributed by atoms with van der Waals surface area (Å²) in [6.07, 6.45) is 6.11. The third-order valence-corrected chi connectivity index (χ3v) is 6.45. The molecular formula is C25H32N4O3. The second-order valence-corrected chi connectivity index (χ2v) is 8.93. The van der Waals surface area contributed by atoms with Crippen molar-refractivity contribution in [1.29, 1.82) is 0 Å². The third-order valence-electron chi connectivity index (χ3n) is 6.45. The molecule has 0 aliphatic carbocycles. The van der Waals surface area contributed by atoms with Gasteiger partial charge in [0.25, 0.3) is 0 Å². The lowest BCUT2D eigenvalue weighted by molar-refractivity contribution is -0.131. The highest BCUT2D eigenvalue weighted by atomic mass is 16.5. The Morgan fingerprint density at radius 3 is 2.62 bits per heavy atom. The van der Waals surface area contributed by atoms with Gasteiger partial charge in [-0.25, -0.2) is 4.79 Å². The maximum absolute atomic E-state index is 12.5. The number of urea groups is 1. The Labute approximate surface area is 189 Å². The summed E-state index contributed by atoms with van der Waals surface area (Å²) in [5.41, 5.74) is 1.91. The molecule has 1 unspecified atom stereocenters. The van der Waals surface area contributed by atoms with E-state index in [-0.39, 0.29) is 18.0 Å². The topological polar surface area (TPSA) is 74.8 Å². The van der Waals surface area contributed by atoms with Gasteiger partial charge in [-0.05, 0) is 41.8 Å². The van der Waals surface area contributed by atoms with Gasteiger partial charge in [-0.3, -0.25) is 9.78 Å². The number of pyridine rings is 1. The molecule has 0 bridgehead atoms. The number of carbonyl (C=O) groups is 2. The SMILES string of the molecule is CCC(C)CC(=O)N1CC[C@@H](Oc2ccc(NC(=O)N3CC(c4cccnc4)C3)cc2)C1. The fourth-order valence-electron chi connectivity index (χ4n) is 4.11. The van der Waals surface area contributed by atoms with Crippen molar-refractivity contribution in [2.24, 2.45) is 5.92 Å². The smallest absolute Gasteiger partial charge is 0.321 e. The van der Waals surface area contributed by atoms with E-state index in [1.54, 1.807) is 11.1 Å². The fraction of sp³-hybridized carbons (Fsp3) is 0.480. The predicted molar refractivity (Wildman–Crippen MR) is 124 cm³/mol. The fourth-order valence-corrected chi connectivity index (χ4v) is 4.11. The van der Waals surface area contributed by atoms with E-state index in [2.05, 4.69) is 30.2 Å². The molecule has 3 heterocycles. The van der Waals surface area contributed by atoms with Gasteiger partial charge in [0.15, 0.2) is 0 Å². The molecule has 7 heteroatoms. The van der Waals surface area contributed by atoms with Gasteiger partial charge in [0.2, 0.25) is 5.91 Å². The van der Waals surface area contributed by atoms with Crippen LogP contribution in [-0.2, 0) is 4.79 Å². The zero-order valence-corrected chi connectivity index (χ0v) is 18.9. The van der Waals surface area contributed by atoms with Crippen LogP contribution in [0.1, 0.15) is 44.6 Å². The summed E-state index contributed by atoms with van der Waals surface area (Å²) in [6, 6.07) is 11.3. The van der Waals surface area contributed by atoms with Crippen LogP contribution in [0.3, 0.4) is 0 Å². The van der Waals surface area contributed by atoms with Crippen LogP contribution in [0.4, 0.5) is 10.5 Å². The normalized spacial score (nSPS) is 19.4. The number of likely N-dealkylation sites (tertiary alicyclic amines) is 2. The Kier molecular flexibility index (Phi) is 6.93. The lowest BCUT2D eigenvalue weighted by Gasteiger charge is -2.39. The van der Waals surface area contributed by atoms with Gasteiger partial charge in [-0.15, -0.1) is 0 Å². The van der Waals surface area contributed by atoms with E-state index in [9.17, 15) is 9.59 Å². The molecule has 2 aliphatic rings. The highest BCUT2D eigenvalue weighted by molar-refractivity contribution is 5.90. The van der Waals surface area contributed by atoms with Crippen LogP contribution < -0.4 is 10.1 Å². The minimum absolute atomic E-state index is 0.0156. The molecule has 0 spiro atoms. The molecule has 2 aliphatic heterocycles. The van der Waals surface area contributed by atoms with E-state index in [1.807, 2.05) is 41.4 Å². The van der Waals surface area contributed by atoms with Gasteiger partial charge in [-0.1, -0.05) is 26.3 Å². The summed E-state index contributed by atoms with van der Waals surface area (Å²) in [6.45, 7) is 7.02. The summed E-state index contributed by atoms with van der Waals surface area (Å²) in [7, 11) is 0. The third kappa shape index (κ3) is 5.39. The standard InChI is InChI=1S/C25H32N4O3/c1-3-18(2)13-24(30)28-12-10-23(17-28)32-22-8-6-21(7-9-22)27-25(31)29-15-20(16-29)19-5-4-11-26-14-19/h4-9,11,14,18,20,23H,3,10,12-13,15-17H2,1-2H3,(H,27,31)/t18?,23-/m1/s1. The molecule has 2 saturated heterocycles. The van der Waals surface area contributed by atoms with Gasteiger partial charge < -0.3 is 19.9 Å². The number of anilines is 1. The zero-order valence-electron chi connectivity index (χ0n) is 18.9. The van der Waals surface area contributed by atoms with Crippen LogP contribution in [0.5, 0.6) is 5.75 Å². The molecule has 1 aromatic carbocycles. The number of benzene rings is 1. The molecule has 3 amide bonds. The molecule has 32 heavy (non-hydrogen) atoms. The van der Waals surface area contributed by atoms with Crippen molar-refractivity contribution < 1.29 is 14.3 Å². The first-order valence-electron chi connectivity index (χ1n) is 11.5. The first-order valence-corrected chi connectivity index (χ1v) is 11.5. The zero-order chi connectivity index (χ0) is 22.5. The van der Waals surface area contributed by atoms with Crippen molar-refractivity contribution in [1.82, 2.24) is 14.8 Å². The van der Waals surface area contributed by atoms with Crippen molar-refractivity contribution in [3.05, 3.63) is 54.4 Å². The Morgan fingerprint density at radius 1 is 1.16 bits per heavy atom. The largest absolute Gasteiger partial charge is 0.489 e. The Balaban J connectivity index is 1.21. The van der Waals surface area contributed by atoms with E-state index in [0.717, 1.165) is 30.8 Å². The Hall–Kier alpha value is -3.09. The summed E-state index contributed by atoms with van der Waals surface area (Å²) in [5.74, 6) is 1.75. The minimum atomic E-state index is -0.0925. The predicted octanol–water partition coefficient (Wildman–Crippen LogP) is 4.13. The van der Waals surface area contributed by atoms with E-state index in [4.69, 9.17) is 4.74 Å². The van der Waals surface area contributed by atoms with Crippen LogP contribution in [-0.4, -0.2) is 59.0 Å². The van der Waals surface area contributed by atoms with Gasteiger partial charge in [0, 0.05) is 56.5 Å². The minimum Gasteiger partial charge on any atom is -0.489 e. The van der Waals surface area contributed by atoms with Crippen molar-refractivity contribution in [3.63, 3.8) is 0 Å². The van der Waals surface area contributed by atoms with Crippen molar-refractivity contribution in [3.8, 4) is 5.75 Å². The monoisotopic (exact) mass is 436 g/mol. The molecule has 1 N–H and O–H groups in total. The van der Waals surface area contributed by atoms with Gasteiger partial charge in [0.1, 0.15) is 11.9 Å². The summed E-state index contributed by atoms with van der Waals surface area (Å²) >= 11 is 0. The van der Waals surface area contributed by atoms with E-state index in [0.29, 0.717) is 37.9 Å². The number of rotatable bonds is 7. The van der Waals surface area contributed by atoms with E-state index in [1.165, 1.54) is 5.56 Å². The van der Waals surface area contributed by atoms with Gasteiger partial charge in [-0.2, -0.15) is 0 Å². The van der Waals surface area contributed by atoms with Crippen LogP contribution >= 0.6 is 0 Å². The Bertz CT molecular complexity index is 913. The number of nitrogens with one attached hydrogen (secondary N) is 1. The average Bonchev–Trinajstić information content (AvgIpc) is 3.23. The van der Waals surface area contributed by atoms with Crippen molar-refractivity contribution in [2.45, 2.75) is 45.1 Å². The lowest BCUT2D eigenvalue weighted by Crippen LogP contribution is -2.50. The van der Waals surface area contributed by atoms with Crippen molar-refractivity contribution >= 4 is 17.6 Å². The molecule has 4 rings (SSSR count). The molecular weight excluding hydrogens is 404 g/mol. The number of nitrogens with zero attached hydrogens (tertiary/aromatic N) is 3. The molecule has 2 fully saturated rings. The molecule has 7 nitrogen and oxygen atoms in total. The van der Waals surface area contributed by atoms with E-state index >= 15 is 0 Å². The molecule has 0 radical (unpaired) electrons. The highest BCUT2D eigenvalue weighted by Crippen LogP contribution is 2.27. The van der Waals surface area contributed by atoms with Gasteiger partial charge in [0.05, 0.1) is 6.54 Å². The second kappa shape index (κ2) is 10.0. The maximum atomic E-state index is 12.5. The maximum Gasteiger partial charge on any atom is 0.321 e. The summed E-state index contributed by atoms with van der Waals surface area (Å²) < 4.78 is 6.07. The van der Waals surface area contributed by atoms with Gasteiger partial charge >= 0.3 is 6.03 Å². The lowest BCUT2D eigenvalue weighted by atomic mass is 9.93.